The quantitative estimate of drug-likeness (QED) is 0.509. The first-order valence-corrected chi connectivity index (χ1v) is 11.8. The SMILES string of the molecule is CCN(CC)S(=O)(=O)c1ccc2c(c1)nc(CCC(=O)Nc1ccc(C(N)=O)cc1)n2C. The number of anilines is 1. The van der Waals surface area contributed by atoms with Gasteiger partial charge in [0.15, 0.2) is 0 Å². The van der Waals surface area contributed by atoms with E-state index in [1.807, 2.05) is 11.6 Å². The molecular weight excluding hydrogens is 430 g/mol. The molecule has 1 aromatic heterocycles. The van der Waals surface area contributed by atoms with Crippen molar-refractivity contribution >= 4 is 38.6 Å². The first-order valence-electron chi connectivity index (χ1n) is 10.3. The molecule has 2 aromatic carbocycles. The molecule has 3 N–H and O–H groups in total. The molecule has 0 aliphatic heterocycles. The Morgan fingerprint density at radius 2 is 1.75 bits per heavy atom. The Morgan fingerprint density at radius 1 is 1.09 bits per heavy atom. The van der Waals surface area contributed by atoms with Gasteiger partial charge in [0.1, 0.15) is 5.82 Å². The Labute approximate surface area is 187 Å². The summed E-state index contributed by atoms with van der Waals surface area (Å²) in [4.78, 5) is 28.2. The summed E-state index contributed by atoms with van der Waals surface area (Å²) in [5, 5.41) is 2.77. The maximum atomic E-state index is 12.8. The van der Waals surface area contributed by atoms with Gasteiger partial charge in [0.25, 0.3) is 0 Å². The van der Waals surface area contributed by atoms with Crippen LogP contribution >= 0.6 is 0 Å². The molecule has 9 nitrogen and oxygen atoms in total. The highest BCUT2D eigenvalue weighted by molar-refractivity contribution is 7.89. The van der Waals surface area contributed by atoms with Crippen molar-refractivity contribution in [2.45, 2.75) is 31.6 Å². The average molecular weight is 458 g/mol. The zero-order chi connectivity index (χ0) is 23.5. The predicted molar refractivity (Wildman–Crippen MR) is 123 cm³/mol. The van der Waals surface area contributed by atoms with Crippen molar-refractivity contribution in [1.82, 2.24) is 13.9 Å². The van der Waals surface area contributed by atoms with Crippen LogP contribution in [0.25, 0.3) is 11.0 Å². The number of fused-ring (bicyclic) bond motifs is 1. The van der Waals surface area contributed by atoms with Crippen LogP contribution < -0.4 is 11.1 Å². The zero-order valence-corrected chi connectivity index (χ0v) is 19.1. The van der Waals surface area contributed by atoms with Crippen molar-refractivity contribution in [3.8, 4) is 0 Å². The van der Waals surface area contributed by atoms with Crippen LogP contribution in [0.1, 0.15) is 36.5 Å². The van der Waals surface area contributed by atoms with Crippen LogP contribution in [0.2, 0.25) is 0 Å². The van der Waals surface area contributed by atoms with Gasteiger partial charge in [0, 0.05) is 44.2 Å². The minimum atomic E-state index is -3.57. The smallest absolute Gasteiger partial charge is 0.248 e. The first-order chi connectivity index (χ1) is 15.2. The second kappa shape index (κ2) is 9.49. The van der Waals surface area contributed by atoms with E-state index in [9.17, 15) is 18.0 Å². The summed E-state index contributed by atoms with van der Waals surface area (Å²) in [5.74, 6) is -0.0527. The number of hydrogen-bond acceptors (Lipinski definition) is 5. The molecule has 3 rings (SSSR count). The summed E-state index contributed by atoms with van der Waals surface area (Å²) in [6.45, 7) is 4.39. The highest BCUT2D eigenvalue weighted by Crippen LogP contribution is 2.23. The molecule has 2 amide bonds. The molecule has 0 aliphatic carbocycles. The lowest BCUT2D eigenvalue weighted by Crippen LogP contribution is -2.30. The van der Waals surface area contributed by atoms with Crippen LogP contribution in [0.15, 0.2) is 47.4 Å². The molecule has 0 bridgehead atoms. The Balaban J connectivity index is 1.73. The van der Waals surface area contributed by atoms with E-state index in [1.165, 1.54) is 4.31 Å². The summed E-state index contributed by atoms with van der Waals surface area (Å²) in [5.41, 5.74) is 7.51. The van der Waals surface area contributed by atoms with Gasteiger partial charge in [-0.05, 0) is 42.5 Å². The van der Waals surface area contributed by atoms with E-state index in [1.54, 1.807) is 56.3 Å². The molecule has 1 heterocycles. The number of imidazole rings is 1. The topological polar surface area (TPSA) is 127 Å². The van der Waals surface area contributed by atoms with Gasteiger partial charge >= 0.3 is 0 Å². The Bertz CT molecular complexity index is 1250. The van der Waals surface area contributed by atoms with E-state index in [-0.39, 0.29) is 17.2 Å². The fourth-order valence-electron chi connectivity index (χ4n) is 3.49. The third-order valence-electron chi connectivity index (χ3n) is 5.32. The van der Waals surface area contributed by atoms with Gasteiger partial charge in [-0.1, -0.05) is 13.8 Å². The Hall–Kier alpha value is -3.24. The number of aromatic nitrogens is 2. The number of nitrogens with one attached hydrogen (secondary N) is 1. The number of primary amides is 1. The molecule has 0 fully saturated rings. The molecule has 170 valence electrons. The maximum Gasteiger partial charge on any atom is 0.248 e. The van der Waals surface area contributed by atoms with Gasteiger partial charge in [0.2, 0.25) is 21.8 Å². The Morgan fingerprint density at radius 3 is 2.34 bits per heavy atom. The highest BCUT2D eigenvalue weighted by atomic mass is 32.2. The fourth-order valence-corrected chi connectivity index (χ4v) is 4.97. The van der Waals surface area contributed by atoms with Crippen molar-refractivity contribution in [2.75, 3.05) is 18.4 Å². The molecule has 32 heavy (non-hydrogen) atoms. The van der Waals surface area contributed by atoms with Crippen LogP contribution in [-0.2, 0) is 28.3 Å². The van der Waals surface area contributed by atoms with E-state index >= 15 is 0 Å². The van der Waals surface area contributed by atoms with Crippen molar-refractivity contribution in [3.05, 3.63) is 53.9 Å². The number of sulfonamides is 1. The minimum Gasteiger partial charge on any atom is -0.366 e. The van der Waals surface area contributed by atoms with Gasteiger partial charge in [-0.15, -0.1) is 0 Å². The van der Waals surface area contributed by atoms with Crippen molar-refractivity contribution in [3.63, 3.8) is 0 Å². The summed E-state index contributed by atoms with van der Waals surface area (Å²) in [7, 11) is -1.74. The lowest BCUT2D eigenvalue weighted by atomic mass is 10.2. The molecule has 0 unspecified atom stereocenters. The normalized spacial score (nSPS) is 11.8. The van der Waals surface area contributed by atoms with Crippen molar-refractivity contribution < 1.29 is 18.0 Å². The number of carbonyl (C=O) groups excluding carboxylic acids is 2. The zero-order valence-electron chi connectivity index (χ0n) is 18.3. The van der Waals surface area contributed by atoms with Crippen LogP contribution in [0.4, 0.5) is 5.69 Å². The number of aryl methyl sites for hydroxylation is 2. The van der Waals surface area contributed by atoms with Crippen LogP contribution in [0.5, 0.6) is 0 Å². The van der Waals surface area contributed by atoms with Gasteiger partial charge in [-0.3, -0.25) is 9.59 Å². The third kappa shape index (κ3) is 4.81. The van der Waals surface area contributed by atoms with Gasteiger partial charge in [0.05, 0.1) is 15.9 Å². The van der Waals surface area contributed by atoms with E-state index < -0.39 is 15.9 Å². The molecule has 0 saturated carbocycles. The Kier molecular flexibility index (Phi) is 6.95. The maximum absolute atomic E-state index is 12.8. The van der Waals surface area contributed by atoms with Gasteiger partial charge in [-0.25, -0.2) is 13.4 Å². The van der Waals surface area contributed by atoms with E-state index in [2.05, 4.69) is 10.3 Å². The molecule has 0 spiro atoms. The number of nitrogens with two attached hydrogens (primary N) is 1. The van der Waals surface area contributed by atoms with Crippen molar-refractivity contribution in [2.24, 2.45) is 12.8 Å². The summed E-state index contributed by atoms with van der Waals surface area (Å²) in [6.07, 6.45) is 0.577. The number of amides is 2. The molecule has 0 aliphatic rings. The third-order valence-corrected chi connectivity index (χ3v) is 7.36. The van der Waals surface area contributed by atoms with E-state index in [4.69, 9.17) is 5.73 Å². The second-order valence-corrected chi connectivity index (χ2v) is 9.25. The lowest BCUT2D eigenvalue weighted by Gasteiger charge is -2.18. The number of rotatable bonds is 9. The number of nitrogens with zero attached hydrogens (tertiary/aromatic N) is 3. The summed E-state index contributed by atoms with van der Waals surface area (Å²) < 4.78 is 28.8. The fraction of sp³-hybridized carbons (Fsp3) is 0.318. The summed E-state index contributed by atoms with van der Waals surface area (Å²) >= 11 is 0. The molecule has 10 heteroatoms. The predicted octanol–water partition coefficient (Wildman–Crippen LogP) is 2.27. The standard InChI is InChI=1S/C22H27N5O4S/c1-4-27(5-2)32(30,31)17-10-11-19-18(14-17)25-20(26(19)3)12-13-21(28)24-16-8-6-15(7-9-16)22(23)29/h6-11,14H,4-5,12-13H2,1-3H3,(H2,23,29)(H,24,28). The van der Waals surface area contributed by atoms with Gasteiger partial charge in [-0.2, -0.15) is 4.31 Å². The second-order valence-electron chi connectivity index (χ2n) is 7.32. The van der Waals surface area contributed by atoms with Crippen molar-refractivity contribution in [1.29, 1.82) is 0 Å². The minimum absolute atomic E-state index is 0.194. The van der Waals surface area contributed by atoms with E-state index in [0.717, 1.165) is 5.52 Å². The van der Waals surface area contributed by atoms with Gasteiger partial charge < -0.3 is 15.6 Å². The highest BCUT2D eigenvalue weighted by Gasteiger charge is 2.22. The lowest BCUT2D eigenvalue weighted by molar-refractivity contribution is -0.116. The van der Waals surface area contributed by atoms with E-state index in [0.29, 0.717) is 42.1 Å². The molecule has 0 saturated heterocycles. The number of carbonyl (C=O) groups is 2. The van der Waals surface area contributed by atoms with Crippen LogP contribution in [0.3, 0.4) is 0 Å². The molecule has 0 atom stereocenters. The average Bonchev–Trinajstić information content (AvgIpc) is 3.08. The van der Waals surface area contributed by atoms with Crippen LogP contribution in [-0.4, -0.2) is 47.2 Å². The monoisotopic (exact) mass is 457 g/mol. The first kappa shape index (κ1) is 23.4. The molecule has 3 aromatic rings. The largest absolute Gasteiger partial charge is 0.366 e. The molecule has 0 radical (unpaired) electrons. The molecular formula is C22H27N5O4S. The summed E-state index contributed by atoms with van der Waals surface area (Å²) in [6, 6.07) is 11.2. The number of benzene rings is 2. The number of hydrogen-bond donors (Lipinski definition) is 2. The van der Waals surface area contributed by atoms with Crippen LogP contribution in [0, 0.1) is 0 Å².